The molecule has 0 bridgehead atoms. The number of benzene rings is 1. The quantitative estimate of drug-likeness (QED) is 0.520. The molecule has 0 spiro atoms. The molecule has 0 fully saturated rings. The van der Waals surface area contributed by atoms with Gasteiger partial charge in [-0.2, -0.15) is 0 Å². The maximum Gasteiger partial charge on any atom is 0.355 e. The molecule has 1 amide bonds. The number of anilines is 1. The summed E-state index contributed by atoms with van der Waals surface area (Å²) in [6.45, 7) is 2.02. The molecule has 1 aliphatic carbocycles. The molecule has 1 aliphatic heterocycles. The summed E-state index contributed by atoms with van der Waals surface area (Å²) in [5.74, 6) is -0.758. The zero-order chi connectivity index (χ0) is 20.8. The number of hydrogen-bond donors (Lipinski definition) is 3. The van der Waals surface area contributed by atoms with E-state index in [1.807, 2.05) is 0 Å². The van der Waals surface area contributed by atoms with Crippen molar-refractivity contribution in [2.75, 3.05) is 11.9 Å². The van der Waals surface area contributed by atoms with Gasteiger partial charge in [-0.3, -0.25) is 4.79 Å². The molecule has 1 aromatic heterocycles. The molecular formula is C20H21N3O5S. The number of esters is 1. The monoisotopic (exact) mass is 415 g/mol. The predicted octanol–water partition coefficient (Wildman–Crippen LogP) is 2.21. The van der Waals surface area contributed by atoms with Gasteiger partial charge in [0.1, 0.15) is 5.69 Å². The zero-order valence-electron chi connectivity index (χ0n) is 15.9. The lowest BCUT2D eigenvalue weighted by atomic mass is 9.91. The molecule has 1 aromatic carbocycles. The van der Waals surface area contributed by atoms with Crippen LogP contribution in [-0.2, 0) is 32.4 Å². The van der Waals surface area contributed by atoms with E-state index >= 15 is 0 Å². The molecule has 0 saturated heterocycles. The van der Waals surface area contributed by atoms with E-state index in [9.17, 15) is 18.0 Å². The number of fused-ring (bicyclic) bond motifs is 2. The molecular weight excluding hydrogens is 394 g/mol. The lowest BCUT2D eigenvalue weighted by Gasteiger charge is -2.13. The van der Waals surface area contributed by atoms with E-state index in [2.05, 4.69) is 10.3 Å². The molecule has 4 rings (SSSR count). The summed E-state index contributed by atoms with van der Waals surface area (Å²) in [5.41, 5.74) is 4.30. The van der Waals surface area contributed by atoms with Gasteiger partial charge in [-0.05, 0) is 68.0 Å². The normalized spacial score (nSPS) is 17.0. The highest BCUT2D eigenvalue weighted by molar-refractivity contribution is 7.89. The van der Waals surface area contributed by atoms with Gasteiger partial charge in [0, 0.05) is 16.9 Å². The number of ether oxygens (including phenoxy) is 1. The molecule has 0 unspecified atom stereocenters. The van der Waals surface area contributed by atoms with Crippen molar-refractivity contribution in [3.05, 3.63) is 46.3 Å². The average Bonchev–Trinajstić information content (AvgIpc) is 3.19. The van der Waals surface area contributed by atoms with Crippen LogP contribution in [0, 0.1) is 0 Å². The van der Waals surface area contributed by atoms with Crippen LogP contribution in [0.2, 0.25) is 0 Å². The number of nitrogens with one attached hydrogen (secondary N) is 2. The van der Waals surface area contributed by atoms with E-state index in [-0.39, 0.29) is 17.4 Å². The van der Waals surface area contributed by atoms with E-state index in [4.69, 9.17) is 9.88 Å². The highest BCUT2D eigenvalue weighted by Crippen LogP contribution is 2.36. The van der Waals surface area contributed by atoms with Crippen molar-refractivity contribution in [1.29, 1.82) is 0 Å². The van der Waals surface area contributed by atoms with Crippen molar-refractivity contribution < 1.29 is 22.7 Å². The van der Waals surface area contributed by atoms with Crippen molar-refractivity contribution >= 4 is 39.2 Å². The van der Waals surface area contributed by atoms with Crippen molar-refractivity contribution in [3.63, 3.8) is 0 Å². The van der Waals surface area contributed by atoms with Gasteiger partial charge in [-0.25, -0.2) is 18.4 Å². The molecule has 8 nitrogen and oxygen atoms in total. The molecule has 0 radical (unpaired) electrons. The second kappa shape index (κ2) is 7.16. The lowest BCUT2D eigenvalue weighted by Crippen LogP contribution is -2.12. The van der Waals surface area contributed by atoms with Gasteiger partial charge >= 0.3 is 5.97 Å². The average molecular weight is 415 g/mol. The smallest absolute Gasteiger partial charge is 0.355 e. The zero-order valence-corrected chi connectivity index (χ0v) is 16.7. The Labute approximate surface area is 168 Å². The molecule has 152 valence electrons. The van der Waals surface area contributed by atoms with Crippen LogP contribution in [0.3, 0.4) is 0 Å². The van der Waals surface area contributed by atoms with E-state index in [1.54, 1.807) is 13.0 Å². The Hall–Kier alpha value is -2.91. The first-order valence-electron chi connectivity index (χ1n) is 9.40. The minimum Gasteiger partial charge on any atom is -0.461 e. The van der Waals surface area contributed by atoms with Crippen molar-refractivity contribution in [2.24, 2.45) is 5.14 Å². The van der Waals surface area contributed by atoms with Crippen LogP contribution in [-0.4, -0.2) is 31.9 Å². The number of carbonyl (C=O) groups excluding carboxylic acids is 2. The van der Waals surface area contributed by atoms with Crippen LogP contribution < -0.4 is 10.5 Å². The van der Waals surface area contributed by atoms with Crippen LogP contribution in [0.25, 0.3) is 11.6 Å². The fourth-order valence-corrected chi connectivity index (χ4v) is 4.44. The van der Waals surface area contributed by atoms with Crippen LogP contribution in [0.1, 0.15) is 52.6 Å². The summed E-state index contributed by atoms with van der Waals surface area (Å²) in [6.07, 6.45) is 5.19. The standard InChI is InChI=1S/C20H21N3O5S/c1-2-28-20(25)18-13-6-4-3-5-12(13)17(22-18)10-15-14-9-11(29(21,26)27)7-8-16(14)23-19(15)24/h7-10,22H,2-6H2,1H3,(H,23,24)(H2,21,26,27). The van der Waals surface area contributed by atoms with E-state index in [0.717, 1.165) is 36.8 Å². The highest BCUT2D eigenvalue weighted by Gasteiger charge is 2.29. The first kappa shape index (κ1) is 19.4. The molecule has 2 aliphatic rings. The summed E-state index contributed by atoms with van der Waals surface area (Å²) in [5, 5.41) is 7.96. The molecule has 29 heavy (non-hydrogen) atoms. The Balaban J connectivity index is 1.84. The van der Waals surface area contributed by atoms with Gasteiger partial charge in [-0.15, -0.1) is 0 Å². The van der Waals surface area contributed by atoms with Gasteiger partial charge in [0.15, 0.2) is 0 Å². The van der Waals surface area contributed by atoms with E-state index in [1.165, 1.54) is 18.2 Å². The van der Waals surface area contributed by atoms with E-state index in [0.29, 0.717) is 28.2 Å². The first-order chi connectivity index (χ1) is 13.8. The Morgan fingerprint density at radius 1 is 1.24 bits per heavy atom. The second-order valence-corrected chi connectivity index (χ2v) is 8.62. The van der Waals surface area contributed by atoms with Crippen LogP contribution >= 0.6 is 0 Å². The second-order valence-electron chi connectivity index (χ2n) is 7.06. The molecule has 9 heteroatoms. The number of sulfonamides is 1. The third kappa shape index (κ3) is 3.47. The van der Waals surface area contributed by atoms with Crippen LogP contribution in [0.15, 0.2) is 23.1 Å². The number of nitrogens with two attached hydrogens (primary N) is 1. The first-order valence-corrected chi connectivity index (χ1v) is 11.0. The van der Waals surface area contributed by atoms with Gasteiger partial charge in [0.2, 0.25) is 10.0 Å². The Morgan fingerprint density at radius 3 is 2.66 bits per heavy atom. The number of aromatic amines is 1. The summed E-state index contributed by atoms with van der Waals surface area (Å²) in [6, 6.07) is 4.25. The van der Waals surface area contributed by atoms with Gasteiger partial charge in [-0.1, -0.05) is 0 Å². The summed E-state index contributed by atoms with van der Waals surface area (Å²) >= 11 is 0. The molecule has 4 N–H and O–H groups in total. The highest BCUT2D eigenvalue weighted by atomic mass is 32.2. The topological polar surface area (TPSA) is 131 Å². The minimum atomic E-state index is -3.90. The summed E-state index contributed by atoms with van der Waals surface area (Å²) in [7, 11) is -3.90. The number of amides is 1. The molecule has 2 heterocycles. The maximum absolute atomic E-state index is 12.5. The Bertz CT molecular complexity index is 1160. The predicted molar refractivity (Wildman–Crippen MR) is 108 cm³/mol. The van der Waals surface area contributed by atoms with Crippen molar-refractivity contribution in [1.82, 2.24) is 4.98 Å². The SMILES string of the molecule is CCOC(=O)c1[nH]c(C=C2C(=O)Nc3ccc(S(N)(=O)=O)cc32)c2c1CCCC2. The summed E-state index contributed by atoms with van der Waals surface area (Å²) < 4.78 is 28.6. The minimum absolute atomic E-state index is 0.0700. The number of hydrogen-bond acceptors (Lipinski definition) is 5. The molecule has 0 saturated carbocycles. The van der Waals surface area contributed by atoms with E-state index < -0.39 is 16.0 Å². The third-order valence-electron chi connectivity index (χ3n) is 5.23. The van der Waals surface area contributed by atoms with Gasteiger partial charge < -0.3 is 15.0 Å². The number of H-pyrrole nitrogens is 1. The molecule has 2 aromatic rings. The lowest BCUT2D eigenvalue weighted by molar-refractivity contribution is -0.110. The van der Waals surface area contributed by atoms with Crippen LogP contribution in [0.5, 0.6) is 0 Å². The number of aromatic nitrogens is 1. The fraction of sp³-hybridized carbons (Fsp3) is 0.300. The fourth-order valence-electron chi connectivity index (χ4n) is 3.90. The molecule has 0 atom stereocenters. The van der Waals surface area contributed by atoms with Crippen molar-refractivity contribution in [3.8, 4) is 0 Å². The maximum atomic E-state index is 12.5. The number of primary sulfonamides is 1. The Kier molecular flexibility index (Phi) is 4.79. The summed E-state index contributed by atoms with van der Waals surface area (Å²) in [4.78, 5) is 27.9. The van der Waals surface area contributed by atoms with Gasteiger partial charge in [0.05, 0.1) is 17.1 Å². The van der Waals surface area contributed by atoms with Gasteiger partial charge in [0.25, 0.3) is 5.91 Å². The third-order valence-corrected chi connectivity index (χ3v) is 6.14. The van der Waals surface area contributed by atoms with Crippen molar-refractivity contribution in [2.45, 2.75) is 37.5 Å². The number of carbonyl (C=O) groups is 2. The van der Waals surface area contributed by atoms with Crippen LogP contribution in [0.4, 0.5) is 5.69 Å². The number of rotatable bonds is 4. The Morgan fingerprint density at radius 2 is 1.97 bits per heavy atom. The largest absolute Gasteiger partial charge is 0.461 e.